The van der Waals surface area contributed by atoms with Crippen LogP contribution in [0.1, 0.15) is 15.9 Å². The Labute approximate surface area is 124 Å². The Kier molecular flexibility index (Phi) is 3.20. The van der Waals surface area contributed by atoms with Crippen molar-refractivity contribution in [3.8, 4) is 10.6 Å². The summed E-state index contributed by atoms with van der Waals surface area (Å²) in [6, 6.07) is 10.7. The summed E-state index contributed by atoms with van der Waals surface area (Å²) < 4.78 is 0.844. The number of nitrogens with zero attached hydrogens (tertiary/aromatic N) is 1. The highest BCUT2D eigenvalue weighted by Crippen LogP contribution is 2.35. The molecule has 0 fully saturated rings. The van der Waals surface area contributed by atoms with E-state index in [-0.39, 0.29) is 5.56 Å². The third kappa shape index (κ3) is 2.28. The summed E-state index contributed by atoms with van der Waals surface area (Å²) in [5.74, 6) is -0.935. The summed E-state index contributed by atoms with van der Waals surface area (Å²) >= 11 is 7.69. The second-order valence-electron chi connectivity index (χ2n) is 4.49. The van der Waals surface area contributed by atoms with Crippen LogP contribution in [0.3, 0.4) is 0 Å². The second-order valence-corrected chi connectivity index (χ2v) is 5.93. The molecule has 0 bridgehead atoms. The largest absolute Gasteiger partial charge is 0.478 e. The van der Waals surface area contributed by atoms with Crippen molar-refractivity contribution in [2.24, 2.45) is 0 Å². The third-order valence-electron chi connectivity index (χ3n) is 2.99. The van der Waals surface area contributed by atoms with E-state index in [1.165, 1.54) is 11.3 Å². The van der Waals surface area contributed by atoms with Crippen LogP contribution in [-0.4, -0.2) is 16.1 Å². The normalized spacial score (nSPS) is 10.9. The van der Waals surface area contributed by atoms with Crippen molar-refractivity contribution < 1.29 is 9.90 Å². The molecule has 100 valence electrons. The lowest BCUT2D eigenvalue weighted by atomic mass is 10.1. The van der Waals surface area contributed by atoms with E-state index in [1.54, 1.807) is 18.2 Å². The molecular formula is C15H10ClNO2S. The molecule has 20 heavy (non-hydrogen) atoms. The van der Waals surface area contributed by atoms with Crippen LogP contribution in [0.2, 0.25) is 5.02 Å². The van der Waals surface area contributed by atoms with Gasteiger partial charge in [0.2, 0.25) is 0 Å². The van der Waals surface area contributed by atoms with Crippen molar-refractivity contribution in [2.45, 2.75) is 6.92 Å². The molecule has 5 heteroatoms. The van der Waals surface area contributed by atoms with Crippen molar-refractivity contribution in [2.75, 3.05) is 0 Å². The molecule has 1 aromatic heterocycles. The van der Waals surface area contributed by atoms with E-state index in [1.807, 2.05) is 25.1 Å². The van der Waals surface area contributed by atoms with Gasteiger partial charge in [0, 0.05) is 5.56 Å². The average molecular weight is 304 g/mol. The minimum absolute atomic E-state index is 0.266. The van der Waals surface area contributed by atoms with Crippen LogP contribution in [0.5, 0.6) is 0 Å². The fraction of sp³-hybridized carbons (Fsp3) is 0.0667. The number of hydrogen-bond donors (Lipinski definition) is 1. The van der Waals surface area contributed by atoms with Crippen LogP contribution in [-0.2, 0) is 0 Å². The molecule has 3 rings (SSSR count). The van der Waals surface area contributed by atoms with Crippen LogP contribution >= 0.6 is 22.9 Å². The second kappa shape index (κ2) is 4.89. The minimum Gasteiger partial charge on any atom is -0.478 e. The molecule has 2 aromatic carbocycles. The average Bonchev–Trinajstić information content (AvgIpc) is 2.80. The number of aromatic carboxylic acids is 1. The fourth-order valence-electron chi connectivity index (χ4n) is 1.97. The van der Waals surface area contributed by atoms with Gasteiger partial charge < -0.3 is 5.11 Å². The Morgan fingerprint density at radius 3 is 2.75 bits per heavy atom. The zero-order chi connectivity index (χ0) is 14.3. The first-order valence-electron chi connectivity index (χ1n) is 5.95. The third-order valence-corrected chi connectivity index (χ3v) is 4.35. The molecule has 0 saturated carbocycles. The van der Waals surface area contributed by atoms with E-state index in [0.717, 1.165) is 26.4 Å². The number of carboxylic acid groups (broad SMARTS) is 1. The Balaban J connectivity index is 2.15. The van der Waals surface area contributed by atoms with Gasteiger partial charge in [-0.1, -0.05) is 23.7 Å². The Bertz CT molecular complexity index is 826. The van der Waals surface area contributed by atoms with E-state index in [9.17, 15) is 4.79 Å². The van der Waals surface area contributed by atoms with E-state index >= 15 is 0 Å². The van der Waals surface area contributed by atoms with Crippen LogP contribution in [0, 0.1) is 6.92 Å². The van der Waals surface area contributed by atoms with Gasteiger partial charge in [-0.3, -0.25) is 0 Å². The summed E-state index contributed by atoms with van der Waals surface area (Å²) in [6.45, 7) is 1.98. The monoisotopic (exact) mass is 303 g/mol. The predicted molar refractivity (Wildman–Crippen MR) is 81.8 cm³/mol. The molecule has 0 amide bonds. The highest BCUT2D eigenvalue weighted by molar-refractivity contribution is 7.21. The molecule has 1 heterocycles. The number of rotatable bonds is 2. The maximum atomic E-state index is 11.0. The van der Waals surface area contributed by atoms with Crippen LogP contribution in [0.25, 0.3) is 20.8 Å². The van der Waals surface area contributed by atoms with Gasteiger partial charge in [0.25, 0.3) is 0 Å². The van der Waals surface area contributed by atoms with Gasteiger partial charge in [-0.25, -0.2) is 9.78 Å². The Morgan fingerprint density at radius 1 is 1.25 bits per heavy atom. The van der Waals surface area contributed by atoms with Crippen LogP contribution in [0.4, 0.5) is 0 Å². The Hall–Kier alpha value is -1.91. The SMILES string of the molecule is Cc1ccc(-c2nc3ccc(C(=O)O)cc3s2)c(Cl)c1. The quantitative estimate of drug-likeness (QED) is 0.751. The molecule has 0 atom stereocenters. The van der Waals surface area contributed by atoms with E-state index in [4.69, 9.17) is 16.7 Å². The van der Waals surface area contributed by atoms with Crippen molar-refractivity contribution in [3.63, 3.8) is 0 Å². The van der Waals surface area contributed by atoms with Gasteiger partial charge in [0.1, 0.15) is 5.01 Å². The molecule has 1 N–H and O–H groups in total. The van der Waals surface area contributed by atoms with Gasteiger partial charge in [-0.05, 0) is 36.8 Å². The number of fused-ring (bicyclic) bond motifs is 1. The Morgan fingerprint density at radius 2 is 2.05 bits per heavy atom. The summed E-state index contributed by atoms with van der Waals surface area (Å²) in [4.78, 5) is 15.5. The van der Waals surface area contributed by atoms with Gasteiger partial charge in [0.15, 0.2) is 0 Å². The number of aromatic nitrogens is 1. The van der Waals surface area contributed by atoms with Crippen molar-refractivity contribution in [1.82, 2.24) is 4.98 Å². The number of hydrogen-bond acceptors (Lipinski definition) is 3. The molecule has 3 aromatic rings. The maximum absolute atomic E-state index is 11.0. The first-order valence-corrected chi connectivity index (χ1v) is 7.14. The summed E-state index contributed by atoms with van der Waals surface area (Å²) in [5.41, 5.74) is 3.01. The number of benzene rings is 2. The highest BCUT2D eigenvalue weighted by Gasteiger charge is 2.11. The summed E-state index contributed by atoms with van der Waals surface area (Å²) in [7, 11) is 0. The van der Waals surface area contributed by atoms with Crippen LogP contribution in [0.15, 0.2) is 36.4 Å². The number of aryl methyl sites for hydroxylation is 1. The zero-order valence-corrected chi connectivity index (χ0v) is 12.1. The number of carbonyl (C=O) groups is 1. The van der Waals surface area contributed by atoms with Crippen LogP contribution < -0.4 is 0 Å². The van der Waals surface area contributed by atoms with Gasteiger partial charge in [-0.2, -0.15) is 0 Å². The van der Waals surface area contributed by atoms with E-state index in [0.29, 0.717) is 5.02 Å². The molecule has 0 radical (unpaired) electrons. The maximum Gasteiger partial charge on any atom is 0.335 e. The molecule has 0 unspecified atom stereocenters. The number of thiazole rings is 1. The summed E-state index contributed by atoms with van der Waals surface area (Å²) in [6.07, 6.45) is 0. The van der Waals surface area contributed by atoms with Gasteiger partial charge in [-0.15, -0.1) is 11.3 Å². The minimum atomic E-state index is -0.935. The molecule has 0 aliphatic carbocycles. The molecular weight excluding hydrogens is 294 g/mol. The highest BCUT2D eigenvalue weighted by atomic mass is 35.5. The number of carboxylic acids is 1. The van der Waals surface area contributed by atoms with Gasteiger partial charge >= 0.3 is 5.97 Å². The zero-order valence-electron chi connectivity index (χ0n) is 10.6. The molecule has 0 aliphatic rings. The first-order chi connectivity index (χ1) is 9.54. The summed E-state index contributed by atoms with van der Waals surface area (Å²) in [5, 5.41) is 10.5. The molecule has 0 saturated heterocycles. The lowest BCUT2D eigenvalue weighted by Crippen LogP contribution is -1.94. The van der Waals surface area contributed by atoms with Crippen molar-refractivity contribution in [3.05, 3.63) is 52.5 Å². The fourth-order valence-corrected chi connectivity index (χ4v) is 3.39. The molecule has 0 spiro atoms. The van der Waals surface area contributed by atoms with Crippen molar-refractivity contribution in [1.29, 1.82) is 0 Å². The predicted octanol–water partition coefficient (Wildman–Crippen LogP) is 4.62. The lowest BCUT2D eigenvalue weighted by Gasteiger charge is -2.00. The van der Waals surface area contributed by atoms with E-state index < -0.39 is 5.97 Å². The lowest BCUT2D eigenvalue weighted by molar-refractivity contribution is 0.0697. The van der Waals surface area contributed by atoms with Crippen molar-refractivity contribution >= 4 is 39.1 Å². The molecule has 3 nitrogen and oxygen atoms in total. The standard InChI is InChI=1S/C15H10ClNO2S/c1-8-2-4-10(11(16)6-8)14-17-12-5-3-9(15(18)19)7-13(12)20-14/h2-7H,1H3,(H,18,19). The van der Waals surface area contributed by atoms with Gasteiger partial charge in [0.05, 0.1) is 20.8 Å². The smallest absolute Gasteiger partial charge is 0.335 e. The number of halogens is 1. The van der Waals surface area contributed by atoms with E-state index in [2.05, 4.69) is 4.98 Å². The topological polar surface area (TPSA) is 50.2 Å². The first kappa shape index (κ1) is 13.1. The molecule has 0 aliphatic heterocycles.